The molecule has 0 bridgehead atoms. The summed E-state index contributed by atoms with van der Waals surface area (Å²) in [7, 11) is 0. The predicted octanol–water partition coefficient (Wildman–Crippen LogP) is 2.84. The molecule has 1 aromatic carbocycles. The molecular weight excluding hydrogens is 217 g/mol. The average molecular weight is 227 g/mol. The van der Waals surface area contributed by atoms with Gasteiger partial charge in [-0.2, -0.15) is 0 Å². The number of pyridine rings is 1. The highest BCUT2D eigenvalue weighted by Crippen LogP contribution is 2.23. The first-order valence-electron chi connectivity index (χ1n) is 5.30. The van der Waals surface area contributed by atoms with Crippen LogP contribution in [0.5, 0.6) is 0 Å². The van der Waals surface area contributed by atoms with Crippen LogP contribution in [0.2, 0.25) is 0 Å². The Kier molecular flexibility index (Phi) is 2.14. The molecule has 0 aliphatic rings. The zero-order valence-electron chi connectivity index (χ0n) is 9.26. The maximum absolute atomic E-state index is 13.8. The summed E-state index contributed by atoms with van der Waals surface area (Å²) in [6.45, 7) is 1.87. The molecule has 0 saturated heterocycles. The van der Waals surface area contributed by atoms with Crippen molar-refractivity contribution in [2.75, 3.05) is 0 Å². The van der Waals surface area contributed by atoms with Crippen LogP contribution in [0.1, 0.15) is 5.56 Å². The number of rotatable bonds is 1. The third-order valence-corrected chi connectivity index (χ3v) is 2.73. The lowest BCUT2D eigenvalue weighted by atomic mass is 10.1. The fraction of sp³-hybridized carbons (Fsp3) is 0.0769. The van der Waals surface area contributed by atoms with E-state index in [0.29, 0.717) is 5.56 Å². The van der Waals surface area contributed by atoms with Crippen molar-refractivity contribution in [3.63, 3.8) is 0 Å². The summed E-state index contributed by atoms with van der Waals surface area (Å²) in [4.78, 5) is 0. The minimum atomic E-state index is -0.211. The van der Waals surface area contributed by atoms with Gasteiger partial charge in [0.15, 0.2) is 5.65 Å². The van der Waals surface area contributed by atoms with Crippen molar-refractivity contribution in [2.24, 2.45) is 0 Å². The molecule has 2 aromatic heterocycles. The molecule has 3 nitrogen and oxygen atoms in total. The largest absolute Gasteiger partial charge is 0.288 e. The topological polar surface area (TPSA) is 30.2 Å². The molecule has 2 heterocycles. The summed E-state index contributed by atoms with van der Waals surface area (Å²) in [6, 6.07) is 8.88. The summed E-state index contributed by atoms with van der Waals surface area (Å²) < 4.78 is 15.6. The Bertz CT molecular complexity index is 688. The highest BCUT2D eigenvalue weighted by atomic mass is 19.1. The minimum absolute atomic E-state index is 0.211. The Morgan fingerprint density at radius 3 is 2.88 bits per heavy atom. The second-order valence-electron chi connectivity index (χ2n) is 4.00. The van der Waals surface area contributed by atoms with Crippen molar-refractivity contribution in [2.45, 2.75) is 6.92 Å². The van der Waals surface area contributed by atoms with E-state index < -0.39 is 0 Å². The number of halogens is 1. The van der Waals surface area contributed by atoms with Gasteiger partial charge in [0.05, 0.1) is 0 Å². The molecule has 3 aromatic rings. The van der Waals surface area contributed by atoms with Crippen LogP contribution in [0.15, 0.2) is 42.9 Å². The highest BCUT2D eigenvalue weighted by molar-refractivity contribution is 5.65. The Hall–Kier alpha value is -2.23. The molecule has 4 heteroatoms. The quantitative estimate of drug-likeness (QED) is 0.640. The van der Waals surface area contributed by atoms with E-state index in [1.54, 1.807) is 16.8 Å². The molecule has 0 aliphatic heterocycles. The van der Waals surface area contributed by atoms with Crippen LogP contribution in [0.3, 0.4) is 0 Å². The SMILES string of the molecule is Cc1ccc(-c2ccc3nncn3c2)c(F)c1. The van der Waals surface area contributed by atoms with E-state index in [-0.39, 0.29) is 5.82 Å². The van der Waals surface area contributed by atoms with Gasteiger partial charge in [-0.05, 0) is 30.7 Å². The molecule has 0 fully saturated rings. The minimum Gasteiger partial charge on any atom is -0.288 e. The second-order valence-corrected chi connectivity index (χ2v) is 4.00. The van der Waals surface area contributed by atoms with E-state index in [4.69, 9.17) is 0 Å². The van der Waals surface area contributed by atoms with Crippen LogP contribution >= 0.6 is 0 Å². The monoisotopic (exact) mass is 227 g/mol. The van der Waals surface area contributed by atoms with Crippen LogP contribution < -0.4 is 0 Å². The van der Waals surface area contributed by atoms with Gasteiger partial charge in [-0.25, -0.2) is 4.39 Å². The number of aromatic nitrogens is 3. The molecule has 0 spiro atoms. The van der Waals surface area contributed by atoms with Crippen molar-refractivity contribution < 1.29 is 4.39 Å². The number of benzene rings is 1. The summed E-state index contributed by atoms with van der Waals surface area (Å²) in [6.07, 6.45) is 3.42. The summed E-state index contributed by atoms with van der Waals surface area (Å²) >= 11 is 0. The van der Waals surface area contributed by atoms with Gasteiger partial charge in [-0.15, -0.1) is 10.2 Å². The smallest absolute Gasteiger partial charge is 0.160 e. The lowest BCUT2D eigenvalue weighted by Gasteiger charge is -2.04. The number of fused-ring (bicyclic) bond motifs is 1. The lowest BCUT2D eigenvalue weighted by Crippen LogP contribution is -1.89. The zero-order chi connectivity index (χ0) is 11.8. The van der Waals surface area contributed by atoms with Gasteiger partial charge in [0.25, 0.3) is 0 Å². The first-order valence-corrected chi connectivity index (χ1v) is 5.30. The Morgan fingerprint density at radius 2 is 2.06 bits per heavy atom. The molecule has 3 rings (SSSR count). The van der Waals surface area contributed by atoms with Gasteiger partial charge in [-0.3, -0.25) is 4.40 Å². The molecule has 0 aliphatic carbocycles. The molecule has 0 unspecified atom stereocenters. The summed E-state index contributed by atoms with van der Waals surface area (Å²) in [5, 5.41) is 7.70. The molecule has 84 valence electrons. The van der Waals surface area contributed by atoms with Gasteiger partial charge in [0.2, 0.25) is 0 Å². The molecule has 17 heavy (non-hydrogen) atoms. The van der Waals surface area contributed by atoms with Gasteiger partial charge >= 0.3 is 0 Å². The number of aryl methyl sites for hydroxylation is 1. The standard InChI is InChI=1S/C13H10FN3/c1-9-2-4-11(12(14)6-9)10-3-5-13-16-15-8-17(13)7-10/h2-8H,1H3. The molecule has 0 saturated carbocycles. The van der Waals surface area contributed by atoms with Gasteiger partial charge in [-0.1, -0.05) is 12.1 Å². The van der Waals surface area contributed by atoms with Crippen molar-refractivity contribution in [3.05, 3.63) is 54.2 Å². The van der Waals surface area contributed by atoms with Crippen LogP contribution in [0, 0.1) is 12.7 Å². The highest BCUT2D eigenvalue weighted by Gasteiger charge is 2.06. The van der Waals surface area contributed by atoms with E-state index in [9.17, 15) is 4.39 Å². The van der Waals surface area contributed by atoms with Crippen molar-refractivity contribution in [1.29, 1.82) is 0 Å². The summed E-state index contributed by atoms with van der Waals surface area (Å²) in [5.74, 6) is -0.211. The van der Waals surface area contributed by atoms with E-state index in [2.05, 4.69) is 10.2 Å². The normalized spacial score (nSPS) is 10.9. The van der Waals surface area contributed by atoms with Crippen LogP contribution in [-0.4, -0.2) is 14.6 Å². The maximum Gasteiger partial charge on any atom is 0.160 e. The average Bonchev–Trinajstić information content (AvgIpc) is 2.75. The molecule has 0 atom stereocenters. The van der Waals surface area contributed by atoms with Crippen LogP contribution in [0.25, 0.3) is 16.8 Å². The molecule has 0 radical (unpaired) electrons. The van der Waals surface area contributed by atoms with Gasteiger partial charge in [0, 0.05) is 17.3 Å². The maximum atomic E-state index is 13.8. The zero-order valence-corrected chi connectivity index (χ0v) is 9.26. The fourth-order valence-corrected chi connectivity index (χ4v) is 1.84. The predicted molar refractivity (Wildman–Crippen MR) is 63.1 cm³/mol. The van der Waals surface area contributed by atoms with E-state index in [0.717, 1.165) is 16.8 Å². The van der Waals surface area contributed by atoms with Crippen LogP contribution in [-0.2, 0) is 0 Å². The first kappa shape index (κ1) is 9.96. The lowest BCUT2D eigenvalue weighted by molar-refractivity contribution is 0.630. The van der Waals surface area contributed by atoms with Crippen molar-refractivity contribution in [3.8, 4) is 11.1 Å². The molecule has 0 amide bonds. The third kappa shape index (κ3) is 1.67. The number of hydrogen-bond acceptors (Lipinski definition) is 2. The van der Waals surface area contributed by atoms with Crippen LogP contribution in [0.4, 0.5) is 4.39 Å². The van der Waals surface area contributed by atoms with Crippen molar-refractivity contribution >= 4 is 5.65 Å². The van der Waals surface area contributed by atoms with Crippen molar-refractivity contribution in [1.82, 2.24) is 14.6 Å². The van der Waals surface area contributed by atoms with E-state index in [1.165, 1.54) is 6.07 Å². The Morgan fingerprint density at radius 1 is 1.18 bits per heavy atom. The number of nitrogens with zero attached hydrogens (tertiary/aromatic N) is 3. The van der Waals surface area contributed by atoms with E-state index in [1.807, 2.05) is 31.3 Å². The first-order chi connectivity index (χ1) is 8.24. The Labute approximate surface area is 97.5 Å². The Balaban J connectivity index is 2.19. The number of hydrogen-bond donors (Lipinski definition) is 0. The van der Waals surface area contributed by atoms with E-state index >= 15 is 0 Å². The molecule has 0 N–H and O–H groups in total. The fourth-order valence-electron chi connectivity index (χ4n) is 1.84. The second kappa shape index (κ2) is 3.66. The third-order valence-electron chi connectivity index (χ3n) is 2.73. The molecular formula is C13H10FN3. The summed E-state index contributed by atoms with van der Waals surface area (Å²) in [5.41, 5.74) is 3.07. The van der Waals surface area contributed by atoms with Gasteiger partial charge in [0.1, 0.15) is 12.1 Å². The van der Waals surface area contributed by atoms with Gasteiger partial charge < -0.3 is 0 Å².